The standard InChI is InChI=1S/C27H30N2O7/c1-17(25(31)29-18(2)23(35-27(29)33)20-11-6-4-7-12-20)22-15-10-16-28(22)36-26(32)24(34-19(3)30)21-13-8-5-9-14-21/h4-9,11-14,17-18,22-24H,10,15-16H2,1-3H3/t17-,18+,22-,23+,24-/m0/s1. The van der Waals surface area contributed by atoms with Crippen LogP contribution in [0.3, 0.4) is 0 Å². The van der Waals surface area contributed by atoms with Crippen LogP contribution in [0.4, 0.5) is 4.79 Å². The third kappa shape index (κ3) is 5.26. The zero-order valence-electron chi connectivity index (χ0n) is 20.5. The molecule has 190 valence electrons. The number of carbonyl (C=O) groups is 4. The maximum absolute atomic E-state index is 13.5. The van der Waals surface area contributed by atoms with E-state index >= 15 is 0 Å². The molecule has 0 spiro atoms. The summed E-state index contributed by atoms with van der Waals surface area (Å²) in [6.45, 7) is 5.14. The summed E-state index contributed by atoms with van der Waals surface area (Å²) in [6.07, 6.45) is -1.16. The van der Waals surface area contributed by atoms with E-state index in [0.717, 1.165) is 10.5 Å². The van der Waals surface area contributed by atoms with Crippen LogP contribution >= 0.6 is 0 Å². The summed E-state index contributed by atoms with van der Waals surface area (Å²) in [5.41, 5.74) is 1.30. The summed E-state index contributed by atoms with van der Waals surface area (Å²) < 4.78 is 10.8. The highest BCUT2D eigenvalue weighted by Gasteiger charge is 2.47. The van der Waals surface area contributed by atoms with E-state index in [0.29, 0.717) is 24.9 Å². The minimum absolute atomic E-state index is 0.390. The van der Waals surface area contributed by atoms with Crippen LogP contribution in [0.5, 0.6) is 0 Å². The van der Waals surface area contributed by atoms with Gasteiger partial charge >= 0.3 is 18.0 Å². The van der Waals surface area contributed by atoms with Gasteiger partial charge in [0.1, 0.15) is 6.10 Å². The van der Waals surface area contributed by atoms with Gasteiger partial charge in [0, 0.05) is 19.0 Å². The Balaban J connectivity index is 1.46. The average molecular weight is 495 g/mol. The lowest BCUT2D eigenvalue weighted by atomic mass is 9.97. The van der Waals surface area contributed by atoms with Gasteiger partial charge in [0.25, 0.3) is 0 Å². The monoisotopic (exact) mass is 494 g/mol. The molecule has 0 aromatic heterocycles. The molecule has 9 nitrogen and oxygen atoms in total. The second-order valence-corrected chi connectivity index (χ2v) is 9.11. The maximum Gasteiger partial charge on any atom is 0.417 e. The lowest BCUT2D eigenvalue weighted by molar-refractivity contribution is -0.212. The molecular formula is C27H30N2O7. The van der Waals surface area contributed by atoms with Crippen LogP contribution in [-0.4, -0.2) is 52.5 Å². The summed E-state index contributed by atoms with van der Waals surface area (Å²) in [6, 6.07) is 17.0. The molecule has 9 heteroatoms. The van der Waals surface area contributed by atoms with Crippen LogP contribution in [0.25, 0.3) is 0 Å². The molecule has 0 radical (unpaired) electrons. The third-order valence-corrected chi connectivity index (χ3v) is 6.66. The number of ether oxygens (including phenoxy) is 2. The van der Waals surface area contributed by atoms with Gasteiger partial charge < -0.3 is 14.3 Å². The summed E-state index contributed by atoms with van der Waals surface area (Å²) >= 11 is 0. The van der Waals surface area contributed by atoms with Crippen LogP contribution in [0.2, 0.25) is 0 Å². The van der Waals surface area contributed by atoms with Crippen molar-refractivity contribution >= 4 is 23.9 Å². The number of carbonyl (C=O) groups excluding carboxylic acids is 4. The van der Waals surface area contributed by atoms with Gasteiger partial charge in [0.2, 0.25) is 12.0 Å². The van der Waals surface area contributed by atoms with Gasteiger partial charge in [0.15, 0.2) is 0 Å². The smallest absolute Gasteiger partial charge is 0.417 e. The Bertz CT molecular complexity index is 1110. The third-order valence-electron chi connectivity index (χ3n) is 6.66. The molecule has 2 fully saturated rings. The van der Waals surface area contributed by atoms with Crippen LogP contribution in [0, 0.1) is 5.92 Å². The molecule has 2 heterocycles. The van der Waals surface area contributed by atoms with E-state index in [1.165, 1.54) is 12.0 Å². The topological polar surface area (TPSA) is 102 Å². The van der Waals surface area contributed by atoms with Crippen LogP contribution in [0.1, 0.15) is 56.9 Å². The summed E-state index contributed by atoms with van der Waals surface area (Å²) in [4.78, 5) is 57.6. The molecule has 2 aromatic carbocycles. The first-order valence-corrected chi connectivity index (χ1v) is 12.1. The van der Waals surface area contributed by atoms with E-state index in [9.17, 15) is 19.2 Å². The molecule has 0 aliphatic carbocycles. The predicted octanol–water partition coefficient (Wildman–Crippen LogP) is 3.96. The number of rotatable bonds is 7. The zero-order chi connectivity index (χ0) is 25.8. The number of cyclic esters (lactones) is 1. The first-order chi connectivity index (χ1) is 17.3. The van der Waals surface area contributed by atoms with E-state index < -0.39 is 54.1 Å². The van der Waals surface area contributed by atoms with E-state index in [2.05, 4.69) is 0 Å². The van der Waals surface area contributed by atoms with Crippen LogP contribution < -0.4 is 0 Å². The van der Waals surface area contributed by atoms with Gasteiger partial charge in [-0.2, -0.15) is 0 Å². The molecule has 2 aliphatic heterocycles. The van der Waals surface area contributed by atoms with Gasteiger partial charge in [-0.1, -0.05) is 67.6 Å². The van der Waals surface area contributed by atoms with E-state index in [1.54, 1.807) is 44.2 Å². The first-order valence-electron chi connectivity index (χ1n) is 12.1. The average Bonchev–Trinajstić information content (AvgIpc) is 3.45. The highest BCUT2D eigenvalue weighted by atomic mass is 16.7. The molecule has 2 aliphatic rings. The largest absolute Gasteiger partial charge is 0.445 e. The molecule has 0 N–H and O–H groups in total. The Kier molecular flexibility index (Phi) is 7.69. The normalized spacial score (nSPS) is 23.6. The van der Waals surface area contributed by atoms with E-state index in [1.807, 2.05) is 30.3 Å². The number of hydroxylamine groups is 2. The second-order valence-electron chi connectivity index (χ2n) is 9.11. The molecule has 0 unspecified atom stereocenters. The fraction of sp³-hybridized carbons (Fsp3) is 0.407. The van der Waals surface area contributed by atoms with Crippen molar-refractivity contribution in [1.29, 1.82) is 0 Å². The molecule has 36 heavy (non-hydrogen) atoms. The van der Waals surface area contributed by atoms with Crippen molar-refractivity contribution in [1.82, 2.24) is 9.96 Å². The number of benzene rings is 2. The summed E-state index contributed by atoms with van der Waals surface area (Å²) in [7, 11) is 0. The van der Waals surface area contributed by atoms with Crippen LogP contribution in [-0.2, 0) is 28.7 Å². The fourth-order valence-corrected chi connectivity index (χ4v) is 4.82. The number of amides is 2. The van der Waals surface area contributed by atoms with Crippen molar-refractivity contribution in [2.24, 2.45) is 5.92 Å². The van der Waals surface area contributed by atoms with Crippen molar-refractivity contribution in [2.75, 3.05) is 6.54 Å². The van der Waals surface area contributed by atoms with Crippen molar-refractivity contribution in [3.63, 3.8) is 0 Å². The number of esters is 1. The quantitative estimate of drug-likeness (QED) is 0.533. The van der Waals surface area contributed by atoms with E-state index in [4.69, 9.17) is 14.3 Å². The lowest BCUT2D eigenvalue weighted by Crippen LogP contribution is -2.48. The van der Waals surface area contributed by atoms with Gasteiger partial charge in [-0.3, -0.25) is 9.59 Å². The maximum atomic E-state index is 13.5. The Morgan fingerprint density at radius 2 is 1.67 bits per heavy atom. The Hall–Kier alpha value is -3.72. The SMILES string of the molecule is CC(=O)O[C@H](C(=O)ON1CCC[C@H]1[C@H](C)C(=O)N1C(=O)O[C@@H](c2ccccc2)[C@H]1C)c1ccccc1. The number of nitrogens with zero attached hydrogens (tertiary/aromatic N) is 2. The first kappa shape index (κ1) is 25.4. The molecular weight excluding hydrogens is 464 g/mol. The van der Waals surface area contributed by atoms with E-state index in [-0.39, 0.29) is 0 Å². The molecule has 0 bridgehead atoms. The van der Waals surface area contributed by atoms with Gasteiger partial charge in [-0.25, -0.2) is 14.5 Å². The Morgan fingerprint density at radius 3 is 2.31 bits per heavy atom. The highest BCUT2D eigenvalue weighted by Crippen LogP contribution is 2.35. The molecule has 0 saturated carbocycles. The lowest BCUT2D eigenvalue weighted by Gasteiger charge is -2.30. The molecule has 4 rings (SSSR count). The van der Waals surface area contributed by atoms with Crippen molar-refractivity contribution in [2.45, 2.75) is 57.9 Å². The fourth-order valence-electron chi connectivity index (χ4n) is 4.82. The summed E-state index contributed by atoms with van der Waals surface area (Å²) in [5.74, 6) is -2.40. The predicted molar refractivity (Wildman–Crippen MR) is 128 cm³/mol. The van der Waals surface area contributed by atoms with Crippen LogP contribution in [0.15, 0.2) is 60.7 Å². The van der Waals surface area contributed by atoms with Gasteiger partial charge in [0.05, 0.1) is 18.0 Å². The highest BCUT2D eigenvalue weighted by molar-refractivity contribution is 5.95. The minimum Gasteiger partial charge on any atom is -0.445 e. The van der Waals surface area contributed by atoms with Crippen molar-refractivity contribution in [3.05, 3.63) is 71.8 Å². The molecule has 2 saturated heterocycles. The Morgan fingerprint density at radius 1 is 1.03 bits per heavy atom. The molecule has 2 amide bonds. The van der Waals surface area contributed by atoms with Gasteiger partial charge in [-0.05, 0) is 25.3 Å². The summed E-state index contributed by atoms with van der Waals surface area (Å²) in [5, 5.41) is 1.46. The minimum atomic E-state index is -1.23. The number of hydrogen-bond donors (Lipinski definition) is 0. The number of hydrogen-bond acceptors (Lipinski definition) is 8. The molecule has 2 aromatic rings. The zero-order valence-corrected chi connectivity index (χ0v) is 20.5. The number of imide groups is 1. The van der Waals surface area contributed by atoms with Crippen molar-refractivity contribution in [3.8, 4) is 0 Å². The van der Waals surface area contributed by atoms with Crippen molar-refractivity contribution < 1.29 is 33.5 Å². The Labute approximate surface area is 209 Å². The van der Waals surface area contributed by atoms with Gasteiger partial charge in [-0.15, -0.1) is 5.06 Å². The molecule has 5 atom stereocenters. The second kappa shape index (κ2) is 10.9.